The lowest BCUT2D eigenvalue weighted by Gasteiger charge is -2.19. The second-order valence-corrected chi connectivity index (χ2v) is 7.56. The summed E-state index contributed by atoms with van der Waals surface area (Å²) in [4.78, 5) is 15.3. The molecule has 5 heteroatoms. The Morgan fingerprint density at radius 2 is 1.93 bits per heavy atom. The Morgan fingerprint density at radius 1 is 1.15 bits per heavy atom. The van der Waals surface area contributed by atoms with Gasteiger partial charge in [-0.15, -0.1) is 0 Å². The van der Waals surface area contributed by atoms with Crippen molar-refractivity contribution in [1.82, 2.24) is 4.98 Å². The topological polar surface area (TPSA) is 77.9 Å². The van der Waals surface area contributed by atoms with Crippen LogP contribution in [0.4, 0.5) is 5.69 Å². The molecule has 0 spiro atoms. The highest BCUT2D eigenvalue weighted by atomic mass is 16.5. The minimum atomic E-state index is -0.112. The Kier molecular flexibility index (Phi) is 4.91. The van der Waals surface area contributed by atoms with E-state index in [0.717, 1.165) is 16.6 Å². The summed E-state index contributed by atoms with van der Waals surface area (Å²) in [5.41, 5.74) is 3.89. The number of ether oxygens (including phenoxy) is 1. The molecule has 138 valence electrons. The van der Waals surface area contributed by atoms with E-state index in [0.29, 0.717) is 23.4 Å². The van der Waals surface area contributed by atoms with E-state index in [9.17, 15) is 4.79 Å². The molecule has 5 nitrogen and oxygen atoms in total. The predicted octanol–water partition coefficient (Wildman–Crippen LogP) is 4.32. The van der Waals surface area contributed by atoms with Crippen molar-refractivity contribution in [2.45, 2.75) is 32.7 Å². The number of pyridine rings is 1. The van der Waals surface area contributed by atoms with E-state index in [1.165, 1.54) is 12.7 Å². The van der Waals surface area contributed by atoms with Gasteiger partial charge in [-0.25, -0.2) is 0 Å². The van der Waals surface area contributed by atoms with Crippen molar-refractivity contribution < 1.29 is 4.74 Å². The maximum absolute atomic E-state index is 12.4. The van der Waals surface area contributed by atoms with Crippen molar-refractivity contribution in [3.8, 4) is 11.8 Å². The lowest BCUT2D eigenvalue weighted by Crippen LogP contribution is -2.16. The van der Waals surface area contributed by atoms with Crippen LogP contribution >= 0.6 is 0 Å². The number of rotatable bonds is 4. The zero-order valence-corrected chi connectivity index (χ0v) is 16.0. The first-order chi connectivity index (χ1) is 12.8. The fourth-order valence-corrected chi connectivity index (χ4v) is 2.94. The maximum atomic E-state index is 12.4. The largest absolute Gasteiger partial charge is 0.495 e. The third kappa shape index (κ3) is 3.95. The first-order valence-corrected chi connectivity index (χ1v) is 8.80. The van der Waals surface area contributed by atoms with Crippen LogP contribution in [0.15, 0.2) is 47.3 Å². The van der Waals surface area contributed by atoms with Crippen LogP contribution < -0.4 is 15.6 Å². The Hall–Kier alpha value is -3.26. The number of aromatic amines is 1. The number of methoxy groups -OCH3 is 1. The highest BCUT2D eigenvalue weighted by Crippen LogP contribution is 2.26. The lowest BCUT2D eigenvalue weighted by molar-refractivity contribution is 0.413. The first-order valence-electron chi connectivity index (χ1n) is 8.80. The van der Waals surface area contributed by atoms with E-state index < -0.39 is 0 Å². The summed E-state index contributed by atoms with van der Waals surface area (Å²) in [6.45, 7) is 6.88. The van der Waals surface area contributed by atoms with Gasteiger partial charge in [0.15, 0.2) is 0 Å². The monoisotopic (exact) mass is 361 g/mol. The van der Waals surface area contributed by atoms with E-state index in [2.05, 4.69) is 49.3 Å². The molecule has 0 atom stereocenters. The molecular weight excluding hydrogens is 338 g/mol. The van der Waals surface area contributed by atoms with Gasteiger partial charge in [-0.1, -0.05) is 26.8 Å². The Morgan fingerprint density at radius 3 is 2.59 bits per heavy atom. The number of nitrogens with zero attached hydrogens (tertiary/aromatic N) is 1. The number of hydrogen-bond acceptors (Lipinski definition) is 4. The van der Waals surface area contributed by atoms with E-state index in [1.54, 1.807) is 18.2 Å². The second kappa shape index (κ2) is 7.16. The third-order valence-corrected chi connectivity index (χ3v) is 4.59. The van der Waals surface area contributed by atoms with Gasteiger partial charge in [0.05, 0.1) is 12.7 Å². The van der Waals surface area contributed by atoms with Gasteiger partial charge in [-0.3, -0.25) is 4.79 Å². The molecule has 0 saturated carbocycles. The minimum absolute atomic E-state index is 0.0434. The molecule has 0 aliphatic rings. The Labute approximate surface area is 158 Å². The van der Waals surface area contributed by atoms with Gasteiger partial charge in [0.25, 0.3) is 5.56 Å². The van der Waals surface area contributed by atoms with E-state index in [1.807, 2.05) is 12.1 Å². The van der Waals surface area contributed by atoms with Crippen molar-refractivity contribution in [3.05, 3.63) is 69.5 Å². The fraction of sp³-hybridized carbons (Fsp3) is 0.273. The van der Waals surface area contributed by atoms with Gasteiger partial charge in [0.1, 0.15) is 11.8 Å². The number of hydrogen-bond donors (Lipinski definition) is 2. The summed E-state index contributed by atoms with van der Waals surface area (Å²) < 4.78 is 5.22. The van der Waals surface area contributed by atoms with Crippen molar-refractivity contribution >= 4 is 16.6 Å². The van der Waals surface area contributed by atoms with Gasteiger partial charge in [-0.05, 0) is 46.7 Å². The molecule has 0 radical (unpaired) electrons. The molecule has 2 N–H and O–H groups in total. The van der Waals surface area contributed by atoms with Crippen LogP contribution in [0, 0.1) is 11.3 Å². The van der Waals surface area contributed by atoms with Gasteiger partial charge in [-0.2, -0.15) is 5.26 Å². The SMILES string of the molecule is COc1cc(NCc2cc3cc(C(C)(C)C)ccc3[nH]c2=O)ccc1C#N. The quantitative estimate of drug-likeness (QED) is 0.725. The normalized spacial score (nSPS) is 11.2. The van der Waals surface area contributed by atoms with Crippen LogP contribution in [-0.4, -0.2) is 12.1 Å². The molecule has 1 heterocycles. The molecular formula is C22H23N3O2. The van der Waals surface area contributed by atoms with Gasteiger partial charge >= 0.3 is 0 Å². The van der Waals surface area contributed by atoms with Gasteiger partial charge < -0.3 is 15.0 Å². The van der Waals surface area contributed by atoms with Crippen LogP contribution in [-0.2, 0) is 12.0 Å². The third-order valence-electron chi connectivity index (χ3n) is 4.59. The number of H-pyrrole nitrogens is 1. The summed E-state index contributed by atoms with van der Waals surface area (Å²) >= 11 is 0. The van der Waals surface area contributed by atoms with Crippen LogP contribution in [0.25, 0.3) is 10.9 Å². The number of anilines is 1. The molecule has 0 fully saturated rings. The first kappa shape index (κ1) is 18.5. The van der Waals surface area contributed by atoms with Crippen LogP contribution in [0.5, 0.6) is 5.75 Å². The molecule has 0 amide bonds. The molecule has 1 aromatic heterocycles. The summed E-state index contributed by atoms with van der Waals surface area (Å²) in [5.74, 6) is 0.504. The highest BCUT2D eigenvalue weighted by Gasteiger charge is 2.14. The average Bonchev–Trinajstić information content (AvgIpc) is 2.64. The van der Waals surface area contributed by atoms with Crippen molar-refractivity contribution in [2.75, 3.05) is 12.4 Å². The molecule has 3 aromatic rings. The molecule has 3 rings (SSSR count). The lowest BCUT2D eigenvalue weighted by atomic mass is 9.86. The molecule has 0 aliphatic heterocycles. The maximum Gasteiger partial charge on any atom is 0.253 e. The minimum Gasteiger partial charge on any atom is -0.495 e. The van der Waals surface area contributed by atoms with Crippen molar-refractivity contribution in [3.63, 3.8) is 0 Å². The molecule has 0 bridgehead atoms. The number of benzene rings is 2. The molecule has 0 aliphatic carbocycles. The highest BCUT2D eigenvalue weighted by molar-refractivity contribution is 5.80. The second-order valence-electron chi connectivity index (χ2n) is 7.56. The Balaban J connectivity index is 1.89. The summed E-state index contributed by atoms with van der Waals surface area (Å²) in [7, 11) is 1.53. The van der Waals surface area contributed by atoms with Crippen molar-refractivity contribution in [1.29, 1.82) is 5.26 Å². The van der Waals surface area contributed by atoms with Crippen molar-refractivity contribution in [2.24, 2.45) is 0 Å². The fourth-order valence-electron chi connectivity index (χ4n) is 2.94. The standard InChI is InChI=1S/C22H23N3O2/c1-22(2,3)17-6-8-19-15(10-17)9-16(21(26)25-19)13-24-18-7-5-14(12-23)20(11-18)27-4/h5-11,24H,13H2,1-4H3,(H,25,26). The zero-order chi connectivity index (χ0) is 19.6. The summed E-state index contributed by atoms with van der Waals surface area (Å²) in [5, 5.41) is 13.3. The predicted molar refractivity (Wildman–Crippen MR) is 108 cm³/mol. The molecule has 0 unspecified atom stereocenters. The van der Waals surface area contributed by atoms with Gasteiger partial charge in [0.2, 0.25) is 0 Å². The van der Waals surface area contributed by atoms with Crippen LogP contribution in [0.3, 0.4) is 0 Å². The van der Waals surface area contributed by atoms with E-state index in [4.69, 9.17) is 10.00 Å². The van der Waals surface area contributed by atoms with Crippen LogP contribution in [0.1, 0.15) is 37.5 Å². The number of nitrogens with one attached hydrogen (secondary N) is 2. The van der Waals surface area contributed by atoms with Crippen LogP contribution in [0.2, 0.25) is 0 Å². The number of fused-ring (bicyclic) bond motifs is 1. The average molecular weight is 361 g/mol. The summed E-state index contributed by atoms with van der Waals surface area (Å²) in [6.07, 6.45) is 0. The van der Waals surface area contributed by atoms with Gasteiger partial charge in [0, 0.05) is 29.4 Å². The number of aromatic nitrogens is 1. The molecule has 0 saturated heterocycles. The summed E-state index contributed by atoms with van der Waals surface area (Å²) in [6, 6.07) is 15.4. The molecule has 2 aromatic carbocycles. The van der Waals surface area contributed by atoms with E-state index in [-0.39, 0.29) is 11.0 Å². The molecule has 27 heavy (non-hydrogen) atoms. The Bertz CT molecular complexity index is 1090. The smallest absolute Gasteiger partial charge is 0.253 e. The van der Waals surface area contributed by atoms with E-state index >= 15 is 0 Å². The zero-order valence-electron chi connectivity index (χ0n) is 16.0. The number of nitriles is 1.